The highest BCUT2D eigenvalue weighted by Crippen LogP contribution is 2.25. The van der Waals surface area contributed by atoms with Gasteiger partial charge in [0.25, 0.3) is 0 Å². The second-order valence-corrected chi connectivity index (χ2v) is 6.79. The van der Waals surface area contributed by atoms with Crippen molar-refractivity contribution in [1.29, 1.82) is 0 Å². The average molecular weight is 395 g/mol. The van der Waals surface area contributed by atoms with Gasteiger partial charge in [-0.05, 0) is 37.6 Å². The Balaban J connectivity index is 2.06. The van der Waals surface area contributed by atoms with Gasteiger partial charge in [0.15, 0.2) is 5.16 Å². The number of halogens is 1. The number of ether oxygens (including phenoxy) is 1. The number of esters is 1. The van der Waals surface area contributed by atoms with Crippen molar-refractivity contribution in [3.8, 4) is 0 Å². The molecule has 0 saturated carbocycles. The number of nitrogen functional groups attached to an aromatic ring is 1. The number of hydrogen-bond donors (Lipinski definition) is 2. The minimum absolute atomic E-state index is 0.0221. The first-order valence-corrected chi connectivity index (χ1v) is 9.23. The third kappa shape index (κ3) is 5.34. The van der Waals surface area contributed by atoms with Crippen LogP contribution < -0.4 is 11.1 Å². The molecular formula is C17H19ClN4O3S. The maximum Gasteiger partial charge on any atom is 0.343 e. The number of hydrogen-bond acceptors (Lipinski definition) is 7. The van der Waals surface area contributed by atoms with Crippen LogP contribution in [0.3, 0.4) is 0 Å². The molecule has 0 fully saturated rings. The number of anilines is 2. The largest absolute Gasteiger partial charge is 0.462 e. The molecule has 1 aromatic carbocycles. The second kappa shape index (κ2) is 9.40. The minimum Gasteiger partial charge on any atom is -0.462 e. The lowest BCUT2D eigenvalue weighted by molar-refractivity contribution is -0.115. The van der Waals surface area contributed by atoms with Gasteiger partial charge in [0, 0.05) is 16.9 Å². The van der Waals surface area contributed by atoms with E-state index in [2.05, 4.69) is 15.3 Å². The summed E-state index contributed by atoms with van der Waals surface area (Å²) in [5.41, 5.74) is 6.56. The van der Waals surface area contributed by atoms with E-state index >= 15 is 0 Å². The zero-order valence-corrected chi connectivity index (χ0v) is 15.9. The Labute approximate surface area is 160 Å². The molecule has 26 heavy (non-hydrogen) atoms. The van der Waals surface area contributed by atoms with Crippen LogP contribution in [0.25, 0.3) is 0 Å². The summed E-state index contributed by atoms with van der Waals surface area (Å²) in [6.07, 6.45) is 1.87. The minimum atomic E-state index is -0.575. The molecule has 138 valence electrons. The molecule has 0 unspecified atom stereocenters. The second-order valence-electron chi connectivity index (χ2n) is 5.18. The summed E-state index contributed by atoms with van der Waals surface area (Å²) in [4.78, 5) is 32.4. The van der Waals surface area contributed by atoms with Crippen molar-refractivity contribution in [1.82, 2.24) is 9.97 Å². The molecule has 0 radical (unpaired) electrons. The lowest BCUT2D eigenvalue weighted by atomic mass is 10.3. The van der Waals surface area contributed by atoms with Crippen molar-refractivity contribution in [2.45, 2.75) is 30.7 Å². The highest BCUT2D eigenvalue weighted by atomic mass is 35.5. The molecule has 0 aliphatic heterocycles. The summed E-state index contributed by atoms with van der Waals surface area (Å²) in [6.45, 7) is 3.82. The summed E-state index contributed by atoms with van der Waals surface area (Å²) in [6, 6.07) is 6.84. The Kier molecular flexibility index (Phi) is 7.23. The first-order chi connectivity index (χ1) is 12.4. The molecule has 0 spiro atoms. The van der Waals surface area contributed by atoms with E-state index in [1.807, 2.05) is 6.92 Å². The van der Waals surface area contributed by atoms with E-state index < -0.39 is 11.2 Å². The van der Waals surface area contributed by atoms with E-state index in [1.54, 1.807) is 31.2 Å². The molecule has 0 aliphatic carbocycles. The Morgan fingerprint density at radius 1 is 1.31 bits per heavy atom. The van der Waals surface area contributed by atoms with Crippen molar-refractivity contribution < 1.29 is 14.3 Å². The molecule has 0 aliphatic rings. The van der Waals surface area contributed by atoms with Crippen LogP contribution in [-0.4, -0.2) is 33.7 Å². The monoisotopic (exact) mass is 394 g/mol. The fourth-order valence-corrected chi connectivity index (χ4v) is 2.98. The third-order valence-electron chi connectivity index (χ3n) is 3.31. The van der Waals surface area contributed by atoms with Crippen LogP contribution in [0.2, 0.25) is 5.02 Å². The van der Waals surface area contributed by atoms with Gasteiger partial charge in [-0.15, -0.1) is 0 Å². The number of nitrogens with zero attached hydrogens (tertiary/aromatic N) is 2. The molecule has 1 aromatic heterocycles. The molecule has 9 heteroatoms. The lowest BCUT2D eigenvalue weighted by Gasteiger charge is -2.14. The number of benzene rings is 1. The number of nitrogens with one attached hydrogen (secondary N) is 1. The van der Waals surface area contributed by atoms with E-state index in [1.165, 1.54) is 18.0 Å². The van der Waals surface area contributed by atoms with Gasteiger partial charge in [-0.25, -0.2) is 14.8 Å². The molecular weight excluding hydrogens is 376 g/mol. The molecule has 3 N–H and O–H groups in total. The predicted octanol–water partition coefficient (Wildman–Crippen LogP) is 3.40. The first-order valence-electron chi connectivity index (χ1n) is 7.97. The lowest BCUT2D eigenvalue weighted by Crippen LogP contribution is -2.25. The van der Waals surface area contributed by atoms with Gasteiger partial charge >= 0.3 is 5.97 Å². The molecule has 1 heterocycles. The van der Waals surface area contributed by atoms with Gasteiger partial charge in [-0.2, -0.15) is 0 Å². The van der Waals surface area contributed by atoms with Gasteiger partial charge in [0.2, 0.25) is 5.91 Å². The number of rotatable bonds is 7. The quantitative estimate of drug-likeness (QED) is 0.421. The van der Waals surface area contributed by atoms with E-state index in [0.29, 0.717) is 22.3 Å². The number of nitrogens with two attached hydrogens (primary N) is 1. The zero-order valence-electron chi connectivity index (χ0n) is 14.4. The van der Waals surface area contributed by atoms with Crippen LogP contribution in [0.4, 0.5) is 11.5 Å². The van der Waals surface area contributed by atoms with Crippen LogP contribution in [0.15, 0.2) is 35.6 Å². The Bertz CT molecular complexity index is 786. The van der Waals surface area contributed by atoms with Crippen molar-refractivity contribution in [3.63, 3.8) is 0 Å². The third-order valence-corrected chi connectivity index (χ3v) is 4.81. The number of amides is 1. The predicted molar refractivity (Wildman–Crippen MR) is 102 cm³/mol. The molecule has 1 amide bonds. The first kappa shape index (κ1) is 20.0. The Hall–Kier alpha value is -2.32. The van der Waals surface area contributed by atoms with Gasteiger partial charge in [0.1, 0.15) is 11.4 Å². The molecule has 1 atom stereocenters. The van der Waals surface area contributed by atoms with Gasteiger partial charge < -0.3 is 15.8 Å². The Morgan fingerprint density at radius 3 is 2.58 bits per heavy atom. The summed E-state index contributed by atoms with van der Waals surface area (Å²) >= 11 is 7.01. The number of carbonyl (C=O) groups excluding carboxylic acids is 2. The zero-order chi connectivity index (χ0) is 19.1. The van der Waals surface area contributed by atoms with E-state index in [-0.39, 0.29) is 23.9 Å². The van der Waals surface area contributed by atoms with Gasteiger partial charge in [0.05, 0.1) is 11.9 Å². The summed E-state index contributed by atoms with van der Waals surface area (Å²) < 4.78 is 4.88. The molecule has 2 aromatic rings. The fraction of sp³-hybridized carbons (Fsp3) is 0.294. The Morgan fingerprint density at radius 2 is 2.00 bits per heavy atom. The van der Waals surface area contributed by atoms with Crippen LogP contribution in [0.5, 0.6) is 0 Å². The maximum atomic E-state index is 12.5. The number of thioether (sulfide) groups is 1. The summed E-state index contributed by atoms with van der Waals surface area (Å²) in [7, 11) is 0. The number of carbonyl (C=O) groups is 2. The maximum absolute atomic E-state index is 12.5. The topological polar surface area (TPSA) is 107 Å². The van der Waals surface area contributed by atoms with E-state index in [4.69, 9.17) is 22.1 Å². The standard InChI is InChI=1S/C17H19ClN4O3S/c1-3-13(15(23)21-11-7-5-10(18)6-8-11)26-17-20-9-12(14(19)22-17)16(24)25-4-2/h5-9,13H,3-4H2,1-2H3,(H,21,23)(H2,19,20,22)/t13-/m0/s1. The molecule has 7 nitrogen and oxygen atoms in total. The van der Waals surface area contributed by atoms with Crippen LogP contribution in [-0.2, 0) is 9.53 Å². The van der Waals surface area contributed by atoms with Gasteiger partial charge in [-0.1, -0.05) is 30.3 Å². The van der Waals surface area contributed by atoms with Crippen LogP contribution in [0, 0.1) is 0 Å². The average Bonchev–Trinajstić information content (AvgIpc) is 2.61. The van der Waals surface area contributed by atoms with Crippen LogP contribution in [0.1, 0.15) is 30.6 Å². The van der Waals surface area contributed by atoms with Crippen LogP contribution >= 0.6 is 23.4 Å². The highest BCUT2D eigenvalue weighted by Gasteiger charge is 2.21. The van der Waals surface area contributed by atoms with Crippen molar-refractivity contribution >= 4 is 46.7 Å². The molecule has 2 rings (SSSR count). The van der Waals surface area contributed by atoms with Crippen molar-refractivity contribution in [2.24, 2.45) is 0 Å². The summed E-state index contributed by atoms with van der Waals surface area (Å²) in [5.74, 6) is -0.737. The molecule has 0 bridgehead atoms. The van der Waals surface area contributed by atoms with Crippen molar-refractivity contribution in [3.05, 3.63) is 41.0 Å². The summed E-state index contributed by atoms with van der Waals surface area (Å²) in [5, 5.41) is 3.31. The highest BCUT2D eigenvalue weighted by molar-refractivity contribution is 8.00. The van der Waals surface area contributed by atoms with Crippen molar-refractivity contribution in [2.75, 3.05) is 17.7 Å². The fourth-order valence-electron chi connectivity index (χ4n) is 2.01. The van der Waals surface area contributed by atoms with E-state index in [0.717, 1.165) is 0 Å². The van der Waals surface area contributed by atoms with Gasteiger partial charge in [-0.3, -0.25) is 4.79 Å². The smallest absolute Gasteiger partial charge is 0.343 e. The molecule has 0 saturated heterocycles. The normalized spacial score (nSPS) is 11.7. The van der Waals surface area contributed by atoms with E-state index in [9.17, 15) is 9.59 Å². The number of aromatic nitrogens is 2. The SMILES string of the molecule is CCOC(=O)c1cnc(S[C@@H](CC)C(=O)Nc2ccc(Cl)cc2)nc1N.